The van der Waals surface area contributed by atoms with E-state index in [0.29, 0.717) is 5.56 Å². The van der Waals surface area contributed by atoms with Crippen LogP contribution in [-0.4, -0.2) is 24.8 Å². The summed E-state index contributed by atoms with van der Waals surface area (Å²) in [6.45, 7) is 0.531. The molecule has 6 heteroatoms. The summed E-state index contributed by atoms with van der Waals surface area (Å²) in [5.41, 5.74) is 0.788. The van der Waals surface area contributed by atoms with Crippen LogP contribution in [0.25, 0.3) is 0 Å². The van der Waals surface area contributed by atoms with Crippen molar-refractivity contribution in [1.82, 2.24) is 4.98 Å². The van der Waals surface area contributed by atoms with Crippen molar-refractivity contribution in [3.8, 4) is 6.07 Å². The molecule has 0 saturated heterocycles. The number of halogens is 3. The van der Waals surface area contributed by atoms with Gasteiger partial charge in [0.1, 0.15) is 18.4 Å². The van der Waals surface area contributed by atoms with Gasteiger partial charge in [-0.05, 0) is 18.6 Å². The van der Waals surface area contributed by atoms with Crippen molar-refractivity contribution in [3.05, 3.63) is 23.4 Å². The third-order valence-corrected chi connectivity index (χ3v) is 2.03. The Labute approximate surface area is 91.1 Å². The van der Waals surface area contributed by atoms with E-state index in [2.05, 4.69) is 4.98 Å². The van der Waals surface area contributed by atoms with Crippen LogP contribution in [0.1, 0.15) is 11.1 Å². The first-order valence-corrected chi connectivity index (χ1v) is 4.48. The number of nitriles is 1. The summed E-state index contributed by atoms with van der Waals surface area (Å²) >= 11 is 0. The first-order valence-electron chi connectivity index (χ1n) is 4.48. The molecular formula is C10H10F3N3. The van der Waals surface area contributed by atoms with E-state index in [4.69, 9.17) is 5.26 Å². The second kappa shape index (κ2) is 4.39. The summed E-state index contributed by atoms with van der Waals surface area (Å²) in [6, 6.07) is 3.45. The van der Waals surface area contributed by atoms with Crippen LogP contribution in [0.3, 0.4) is 0 Å². The van der Waals surface area contributed by atoms with Crippen LogP contribution in [0, 0.1) is 18.3 Å². The van der Waals surface area contributed by atoms with Crippen molar-refractivity contribution in [2.75, 3.05) is 18.5 Å². The largest absolute Gasteiger partial charge is 0.405 e. The van der Waals surface area contributed by atoms with Gasteiger partial charge < -0.3 is 4.90 Å². The van der Waals surface area contributed by atoms with E-state index in [-0.39, 0.29) is 11.4 Å². The average Bonchev–Trinajstić information content (AvgIpc) is 2.14. The van der Waals surface area contributed by atoms with Crippen molar-refractivity contribution >= 4 is 5.82 Å². The van der Waals surface area contributed by atoms with Crippen molar-refractivity contribution in [1.29, 1.82) is 5.26 Å². The molecule has 0 aromatic carbocycles. The van der Waals surface area contributed by atoms with Crippen LogP contribution in [0.2, 0.25) is 0 Å². The zero-order valence-corrected chi connectivity index (χ0v) is 8.84. The maximum atomic E-state index is 12.2. The molecular weight excluding hydrogens is 219 g/mol. The van der Waals surface area contributed by atoms with Gasteiger partial charge in [-0.1, -0.05) is 0 Å². The number of hydrogen-bond acceptors (Lipinski definition) is 3. The van der Waals surface area contributed by atoms with E-state index in [9.17, 15) is 13.2 Å². The van der Waals surface area contributed by atoms with E-state index in [1.54, 1.807) is 13.0 Å². The Morgan fingerprint density at radius 2 is 2.12 bits per heavy atom. The Balaban J connectivity index is 3.05. The van der Waals surface area contributed by atoms with Crippen molar-refractivity contribution in [2.24, 2.45) is 0 Å². The van der Waals surface area contributed by atoms with Crippen LogP contribution in [0.5, 0.6) is 0 Å². The number of nitrogens with zero attached hydrogens (tertiary/aromatic N) is 3. The molecule has 0 N–H and O–H groups in total. The Morgan fingerprint density at radius 3 is 2.62 bits per heavy atom. The second-order valence-corrected chi connectivity index (χ2v) is 3.41. The second-order valence-electron chi connectivity index (χ2n) is 3.41. The first-order chi connectivity index (χ1) is 7.35. The smallest absolute Gasteiger partial charge is 0.349 e. The lowest BCUT2D eigenvalue weighted by molar-refractivity contribution is -0.119. The quantitative estimate of drug-likeness (QED) is 0.780. The zero-order chi connectivity index (χ0) is 12.3. The standard InChI is InChI=1S/C10H10F3N3/c1-7-3-4-15-9(8(7)5-14)16(2)6-10(11,12)13/h3-4H,6H2,1-2H3. The number of rotatable bonds is 2. The summed E-state index contributed by atoms with van der Waals surface area (Å²) in [7, 11) is 1.26. The molecule has 0 aliphatic heterocycles. The topological polar surface area (TPSA) is 39.9 Å². The molecule has 0 atom stereocenters. The van der Waals surface area contributed by atoms with Crippen molar-refractivity contribution in [2.45, 2.75) is 13.1 Å². The van der Waals surface area contributed by atoms with Gasteiger partial charge in [0.15, 0.2) is 0 Å². The molecule has 0 amide bonds. The van der Waals surface area contributed by atoms with Gasteiger partial charge in [-0.15, -0.1) is 0 Å². The summed E-state index contributed by atoms with van der Waals surface area (Å²) in [6.07, 6.45) is -2.93. The van der Waals surface area contributed by atoms with Gasteiger partial charge in [-0.3, -0.25) is 0 Å². The summed E-state index contributed by atoms with van der Waals surface area (Å²) < 4.78 is 36.5. The molecule has 16 heavy (non-hydrogen) atoms. The molecule has 1 heterocycles. The minimum atomic E-state index is -4.31. The van der Waals surface area contributed by atoms with Gasteiger partial charge in [0.25, 0.3) is 0 Å². The number of aromatic nitrogens is 1. The highest BCUT2D eigenvalue weighted by atomic mass is 19.4. The molecule has 0 aliphatic rings. The highest BCUT2D eigenvalue weighted by molar-refractivity contribution is 5.56. The monoisotopic (exact) mass is 229 g/mol. The van der Waals surface area contributed by atoms with Crippen molar-refractivity contribution in [3.63, 3.8) is 0 Å². The van der Waals surface area contributed by atoms with Gasteiger partial charge in [-0.25, -0.2) is 4.98 Å². The zero-order valence-electron chi connectivity index (χ0n) is 8.84. The molecule has 1 rings (SSSR count). The fraction of sp³-hybridized carbons (Fsp3) is 0.400. The third kappa shape index (κ3) is 2.86. The predicted octanol–water partition coefficient (Wildman–Crippen LogP) is 2.26. The predicted molar refractivity (Wildman–Crippen MR) is 53.0 cm³/mol. The maximum Gasteiger partial charge on any atom is 0.405 e. The lowest BCUT2D eigenvalue weighted by atomic mass is 10.1. The molecule has 0 radical (unpaired) electrons. The normalized spacial score (nSPS) is 11.0. The lowest BCUT2D eigenvalue weighted by Crippen LogP contribution is -2.32. The Morgan fingerprint density at radius 1 is 1.50 bits per heavy atom. The average molecular weight is 229 g/mol. The summed E-state index contributed by atoms with van der Waals surface area (Å²) in [5.74, 6) is 0.0554. The highest BCUT2D eigenvalue weighted by Crippen LogP contribution is 2.23. The Hall–Kier alpha value is -1.77. The molecule has 86 valence electrons. The molecule has 0 spiro atoms. The minimum Gasteiger partial charge on any atom is -0.349 e. The van der Waals surface area contributed by atoms with Crippen LogP contribution < -0.4 is 4.90 Å². The fourth-order valence-corrected chi connectivity index (χ4v) is 1.32. The highest BCUT2D eigenvalue weighted by Gasteiger charge is 2.30. The lowest BCUT2D eigenvalue weighted by Gasteiger charge is -2.21. The number of pyridine rings is 1. The van der Waals surface area contributed by atoms with Crippen LogP contribution >= 0.6 is 0 Å². The van der Waals surface area contributed by atoms with E-state index < -0.39 is 12.7 Å². The van der Waals surface area contributed by atoms with E-state index in [1.807, 2.05) is 6.07 Å². The van der Waals surface area contributed by atoms with Gasteiger partial charge >= 0.3 is 6.18 Å². The molecule has 0 bridgehead atoms. The van der Waals surface area contributed by atoms with Crippen molar-refractivity contribution < 1.29 is 13.2 Å². The maximum absolute atomic E-state index is 12.2. The number of anilines is 1. The van der Waals surface area contributed by atoms with Gasteiger partial charge in [0.2, 0.25) is 0 Å². The van der Waals surface area contributed by atoms with E-state index >= 15 is 0 Å². The Bertz CT molecular complexity index is 420. The molecule has 0 saturated carbocycles. The minimum absolute atomic E-state index is 0.0554. The molecule has 3 nitrogen and oxygen atoms in total. The molecule has 1 aromatic heterocycles. The van der Waals surface area contributed by atoms with E-state index in [0.717, 1.165) is 4.90 Å². The Kier molecular flexibility index (Phi) is 3.38. The van der Waals surface area contributed by atoms with Crippen LogP contribution in [0.4, 0.5) is 19.0 Å². The molecule has 0 unspecified atom stereocenters. The summed E-state index contributed by atoms with van der Waals surface area (Å²) in [4.78, 5) is 4.72. The van der Waals surface area contributed by atoms with Gasteiger partial charge in [0, 0.05) is 13.2 Å². The molecule has 1 aromatic rings. The van der Waals surface area contributed by atoms with Crippen LogP contribution in [0.15, 0.2) is 12.3 Å². The number of alkyl halides is 3. The number of hydrogen-bond donors (Lipinski definition) is 0. The van der Waals surface area contributed by atoms with Gasteiger partial charge in [0.05, 0.1) is 5.56 Å². The third-order valence-electron chi connectivity index (χ3n) is 2.03. The molecule has 0 fully saturated rings. The van der Waals surface area contributed by atoms with Gasteiger partial charge in [-0.2, -0.15) is 18.4 Å². The van der Waals surface area contributed by atoms with E-state index in [1.165, 1.54) is 13.2 Å². The SMILES string of the molecule is Cc1ccnc(N(C)CC(F)(F)F)c1C#N. The fourth-order valence-electron chi connectivity index (χ4n) is 1.32. The van der Waals surface area contributed by atoms with Crippen LogP contribution in [-0.2, 0) is 0 Å². The summed E-state index contributed by atoms with van der Waals surface area (Å²) in [5, 5.41) is 8.85. The first kappa shape index (κ1) is 12.3. The molecule has 0 aliphatic carbocycles. The number of aryl methyl sites for hydroxylation is 1.